The molecule has 2 aromatic rings. The third-order valence-electron chi connectivity index (χ3n) is 4.78. The first-order chi connectivity index (χ1) is 12.0. The van der Waals surface area contributed by atoms with Crippen molar-refractivity contribution in [2.45, 2.75) is 38.5 Å². The molecular formula is C18H24FN3O2S. The Morgan fingerprint density at radius 2 is 2.04 bits per heavy atom. The number of benzene rings is 1. The Morgan fingerprint density at radius 1 is 1.28 bits per heavy atom. The summed E-state index contributed by atoms with van der Waals surface area (Å²) in [6, 6.07) is 5.81. The molecule has 0 bridgehead atoms. The summed E-state index contributed by atoms with van der Waals surface area (Å²) < 4.78 is 42.1. The van der Waals surface area contributed by atoms with E-state index in [1.165, 1.54) is 12.1 Å². The maximum absolute atomic E-state index is 13.3. The average Bonchev–Trinajstić information content (AvgIpc) is 3.02. The molecule has 7 heteroatoms. The van der Waals surface area contributed by atoms with Gasteiger partial charge in [0.2, 0.25) is 10.0 Å². The van der Waals surface area contributed by atoms with E-state index < -0.39 is 15.8 Å². The van der Waals surface area contributed by atoms with E-state index in [2.05, 4.69) is 16.5 Å². The molecule has 0 spiro atoms. The van der Waals surface area contributed by atoms with Crippen LogP contribution >= 0.6 is 0 Å². The number of halogens is 1. The van der Waals surface area contributed by atoms with Crippen molar-refractivity contribution >= 4 is 10.0 Å². The van der Waals surface area contributed by atoms with Gasteiger partial charge in [0.1, 0.15) is 11.6 Å². The van der Waals surface area contributed by atoms with Crippen LogP contribution in [0.4, 0.5) is 4.39 Å². The Morgan fingerprint density at radius 3 is 2.72 bits per heavy atom. The smallest absolute Gasteiger partial charge is 0.218 e. The van der Waals surface area contributed by atoms with E-state index in [9.17, 15) is 12.8 Å². The summed E-state index contributed by atoms with van der Waals surface area (Å²) in [5.41, 5.74) is 0.494. The summed E-state index contributed by atoms with van der Waals surface area (Å²) in [5, 5.41) is 0. The van der Waals surface area contributed by atoms with Crippen molar-refractivity contribution in [3.63, 3.8) is 0 Å². The van der Waals surface area contributed by atoms with Crippen LogP contribution in [0.3, 0.4) is 0 Å². The standard InChI is InChI=1S/C18H24FN3O2S/c1-2-18-20-8-11-21(18)13-15-6-9-22(10-7-15)25(23,24)14-16-4-3-5-17(19)12-16/h3-5,8,11-12,15H,2,6-7,9-10,13-14H2,1H3. The van der Waals surface area contributed by atoms with Crippen LogP contribution in [-0.2, 0) is 28.7 Å². The lowest BCUT2D eigenvalue weighted by molar-refractivity contribution is 0.251. The summed E-state index contributed by atoms with van der Waals surface area (Å²) >= 11 is 0. The molecule has 3 rings (SSSR count). The molecule has 0 aliphatic carbocycles. The largest absolute Gasteiger partial charge is 0.335 e. The van der Waals surface area contributed by atoms with Gasteiger partial charge in [-0.3, -0.25) is 0 Å². The molecule has 1 fully saturated rings. The maximum Gasteiger partial charge on any atom is 0.218 e. The molecule has 25 heavy (non-hydrogen) atoms. The first kappa shape index (κ1) is 18.1. The first-order valence-electron chi connectivity index (χ1n) is 8.70. The zero-order valence-corrected chi connectivity index (χ0v) is 15.3. The molecule has 0 N–H and O–H groups in total. The Balaban J connectivity index is 1.57. The van der Waals surface area contributed by atoms with Gasteiger partial charge in [0.05, 0.1) is 5.75 Å². The molecule has 0 atom stereocenters. The highest BCUT2D eigenvalue weighted by Crippen LogP contribution is 2.23. The van der Waals surface area contributed by atoms with Gasteiger partial charge in [-0.25, -0.2) is 22.1 Å². The number of sulfonamides is 1. The van der Waals surface area contributed by atoms with Crippen LogP contribution in [0.2, 0.25) is 0 Å². The summed E-state index contributed by atoms with van der Waals surface area (Å²) in [6.07, 6.45) is 6.38. The minimum absolute atomic E-state index is 0.142. The maximum atomic E-state index is 13.3. The predicted molar refractivity (Wildman–Crippen MR) is 94.9 cm³/mol. The lowest BCUT2D eigenvalue weighted by atomic mass is 9.98. The van der Waals surface area contributed by atoms with Crippen LogP contribution < -0.4 is 0 Å². The number of hydrogen-bond acceptors (Lipinski definition) is 3. The molecule has 1 aromatic carbocycles. The molecule has 0 amide bonds. The molecule has 1 aliphatic rings. The molecule has 1 saturated heterocycles. The number of piperidine rings is 1. The normalized spacial score (nSPS) is 17.0. The predicted octanol–water partition coefficient (Wildman–Crippen LogP) is 2.83. The second kappa shape index (κ2) is 7.66. The Kier molecular flexibility index (Phi) is 5.54. The summed E-state index contributed by atoms with van der Waals surface area (Å²) in [6.45, 7) is 4.03. The van der Waals surface area contributed by atoms with Crippen molar-refractivity contribution in [3.05, 3.63) is 53.9 Å². The zero-order valence-electron chi connectivity index (χ0n) is 14.4. The van der Waals surface area contributed by atoms with Crippen LogP contribution in [-0.4, -0.2) is 35.4 Å². The van der Waals surface area contributed by atoms with Crippen LogP contribution in [0.1, 0.15) is 31.2 Å². The van der Waals surface area contributed by atoms with Crippen molar-refractivity contribution < 1.29 is 12.8 Å². The van der Waals surface area contributed by atoms with E-state index in [0.29, 0.717) is 24.6 Å². The van der Waals surface area contributed by atoms with Gasteiger partial charge in [0, 0.05) is 38.4 Å². The van der Waals surface area contributed by atoms with Gasteiger partial charge in [0.25, 0.3) is 0 Å². The van der Waals surface area contributed by atoms with E-state index in [1.54, 1.807) is 16.4 Å². The molecule has 2 heterocycles. The number of nitrogens with zero attached hydrogens (tertiary/aromatic N) is 3. The van der Waals surface area contributed by atoms with Gasteiger partial charge >= 0.3 is 0 Å². The molecule has 1 aliphatic heterocycles. The van der Waals surface area contributed by atoms with Crippen molar-refractivity contribution in [2.24, 2.45) is 5.92 Å². The van der Waals surface area contributed by atoms with Crippen molar-refractivity contribution in [1.29, 1.82) is 0 Å². The molecule has 0 saturated carbocycles. The summed E-state index contributed by atoms with van der Waals surface area (Å²) in [7, 11) is -3.40. The topological polar surface area (TPSA) is 55.2 Å². The van der Waals surface area contributed by atoms with Crippen LogP contribution in [0.5, 0.6) is 0 Å². The highest BCUT2D eigenvalue weighted by Gasteiger charge is 2.28. The van der Waals surface area contributed by atoms with E-state index >= 15 is 0 Å². The highest BCUT2D eigenvalue weighted by atomic mass is 32.2. The van der Waals surface area contributed by atoms with E-state index in [4.69, 9.17) is 0 Å². The minimum Gasteiger partial charge on any atom is -0.335 e. The number of aromatic nitrogens is 2. The van der Waals surface area contributed by atoms with E-state index in [-0.39, 0.29) is 5.75 Å². The molecular weight excluding hydrogens is 341 g/mol. The first-order valence-corrected chi connectivity index (χ1v) is 10.3. The van der Waals surface area contributed by atoms with E-state index in [0.717, 1.165) is 31.6 Å². The number of imidazole rings is 1. The second-order valence-electron chi connectivity index (χ2n) is 6.58. The molecule has 5 nitrogen and oxygen atoms in total. The number of hydrogen-bond donors (Lipinski definition) is 0. The lowest BCUT2D eigenvalue weighted by Gasteiger charge is -2.31. The third kappa shape index (κ3) is 4.46. The van der Waals surface area contributed by atoms with Crippen LogP contribution in [0.15, 0.2) is 36.7 Å². The van der Waals surface area contributed by atoms with Crippen LogP contribution in [0.25, 0.3) is 0 Å². The molecule has 0 unspecified atom stereocenters. The number of rotatable bonds is 6. The second-order valence-corrected chi connectivity index (χ2v) is 8.55. The molecule has 136 valence electrons. The van der Waals surface area contributed by atoms with Gasteiger partial charge in [-0.15, -0.1) is 0 Å². The Bertz CT molecular complexity index is 811. The fourth-order valence-corrected chi connectivity index (χ4v) is 4.95. The SMILES string of the molecule is CCc1nccn1CC1CCN(S(=O)(=O)Cc2cccc(F)c2)CC1. The van der Waals surface area contributed by atoms with Crippen LogP contribution in [0, 0.1) is 11.7 Å². The fourth-order valence-electron chi connectivity index (χ4n) is 3.40. The third-order valence-corrected chi connectivity index (χ3v) is 6.63. The lowest BCUT2D eigenvalue weighted by Crippen LogP contribution is -2.40. The molecule has 0 radical (unpaired) electrons. The monoisotopic (exact) mass is 365 g/mol. The average molecular weight is 365 g/mol. The Labute approximate surface area is 148 Å². The highest BCUT2D eigenvalue weighted by molar-refractivity contribution is 7.88. The van der Waals surface area contributed by atoms with E-state index in [1.807, 2.05) is 12.4 Å². The molecule has 1 aromatic heterocycles. The summed E-state index contributed by atoms with van der Waals surface area (Å²) in [5.74, 6) is 0.983. The Hall–Kier alpha value is -1.73. The summed E-state index contributed by atoms with van der Waals surface area (Å²) in [4.78, 5) is 4.33. The number of aryl methyl sites for hydroxylation is 1. The van der Waals surface area contributed by atoms with Crippen molar-refractivity contribution in [2.75, 3.05) is 13.1 Å². The van der Waals surface area contributed by atoms with Crippen molar-refractivity contribution in [1.82, 2.24) is 13.9 Å². The fraction of sp³-hybridized carbons (Fsp3) is 0.500. The van der Waals surface area contributed by atoms with Gasteiger partial charge in [-0.1, -0.05) is 19.1 Å². The van der Waals surface area contributed by atoms with Gasteiger partial charge in [0.15, 0.2) is 0 Å². The minimum atomic E-state index is -3.40. The van der Waals surface area contributed by atoms with Gasteiger partial charge in [-0.2, -0.15) is 0 Å². The quantitative estimate of drug-likeness (QED) is 0.791. The zero-order chi connectivity index (χ0) is 17.9. The van der Waals surface area contributed by atoms with Gasteiger partial charge < -0.3 is 4.57 Å². The van der Waals surface area contributed by atoms with Gasteiger partial charge in [-0.05, 0) is 36.5 Å². The van der Waals surface area contributed by atoms with Crippen molar-refractivity contribution in [3.8, 4) is 0 Å².